The number of aromatic nitrogens is 1. The van der Waals surface area contributed by atoms with Gasteiger partial charge in [0.1, 0.15) is 0 Å². The molecule has 26 heavy (non-hydrogen) atoms. The Kier molecular flexibility index (Phi) is 7.02. The van der Waals surface area contributed by atoms with Gasteiger partial charge in [-0.2, -0.15) is 5.10 Å². The molecule has 2 aromatic rings. The summed E-state index contributed by atoms with van der Waals surface area (Å²) in [5.41, 5.74) is 5.23. The van der Waals surface area contributed by atoms with Crippen molar-refractivity contribution in [3.63, 3.8) is 0 Å². The summed E-state index contributed by atoms with van der Waals surface area (Å²) in [5.74, 6) is -0.246. The van der Waals surface area contributed by atoms with Crippen molar-refractivity contribution in [2.45, 2.75) is 33.6 Å². The van der Waals surface area contributed by atoms with Gasteiger partial charge in [-0.05, 0) is 49.6 Å². The number of benzene rings is 1. The quantitative estimate of drug-likeness (QED) is 0.590. The number of hydrogen-bond acceptors (Lipinski definition) is 4. The summed E-state index contributed by atoms with van der Waals surface area (Å²) in [4.78, 5) is 28.0. The third-order valence-electron chi connectivity index (χ3n) is 4.18. The molecule has 1 aromatic heterocycles. The summed E-state index contributed by atoms with van der Waals surface area (Å²) in [6, 6.07) is 10.7. The number of hydrazone groups is 1. The molecule has 0 atom stereocenters. The zero-order valence-electron chi connectivity index (χ0n) is 15.3. The highest BCUT2D eigenvalue weighted by Gasteiger charge is 2.14. The van der Waals surface area contributed by atoms with Gasteiger partial charge in [-0.3, -0.25) is 14.6 Å². The van der Waals surface area contributed by atoms with E-state index in [-0.39, 0.29) is 17.7 Å². The number of pyridine rings is 1. The number of anilines is 1. The first kappa shape index (κ1) is 19.3. The minimum absolute atomic E-state index is 0.0284. The van der Waals surface area contributed by atoms with Crippen molar-refractivity contribution < 1.29 is 9.59 Å². The number of carbonyl (C=O) groups is 2. The lowest BCUT2D eigenvalue weighted by Gasteiger charge is -2.13. The topological polar surface area (TPSA) is 83.5 Å². The van der Waals surface area contributed by atoms with Crippen molar-refractivity contribution in [3.05, 3.63) is 59.9 Å². The third-order valence-corrected chi connectivity index (χ3v) is 4.18. The van der Waals surface area contributed by atoms with E-state index in [9.17, 15) is 9.59 Å². The van der Waals surface area contributed by atoms with Crippen LogP contribution in [0.2, 0.25) is 0 Å². The molecule has 0 bridgehead atoms. The van der Waals surface area contributed by atoms with Crippen molar-refractivity contribution in [2.75, 3.05) is 5.32 Å². The largest absolute Gasteiger partial charge is 0.326 e. The lowest BCUT2D eigenvalue weighted by atomic mass is 10.0. The fourth-order valence-corrected chi connectivity index (χ4v) is 2.46. The van der Waals surface area contributed by atoms with Gasteiger partial charge in [0.2, 0.25) is 5.91 Å². The number of nitrogens with one attached hydrogen (secondary N) is 2. The molecule has 136 valence electrons. The Labute approximate surface area is 153 Å². The molecule has 0 saturated heterocycles. The van der Waals surface area contributed by atoms with Crippen molar-refractivity contribution in [2.24, 2.45) is 11.0 Å². The van der Waals surface area contributed by atoms with Gasteiger partial charge in [0, 0.05) is 24.0 Å². The van der Waals surface area contributed by atoms with Crippen LogP contribution in [0.3, 0.4) is 0 Å². The molecule has 6 nitrogen and oxygen atoms in total. The fraction of sp³-hybridized carbons (Fsp3) is 0.300. The van der Waals surface area contributed by atoms with Crippen LogP contribution in [0.5, 0.6) is 0 Å². The Morgan fingerprint density at radius 2 is 1.77 bits per heavy atom. The Hall–Kier alpha value is -3.02. The molecule has 0 fully saturated rings. The molecular weight excluding hydrogens is 328 g/mol. The van der Waals surface area contributed by atoms with Crippen LogP contribution < -0.4 is 10.7 Å². The standard InChI is InChI=1S/C20H24N4O2/c1-4-15(5-2)19(25)22-18-10-8-16(9-11-18)14(3)23-24-20(26)17-7-6-12-21-13-17/h6-13,15H,4-5H2,1-3H3,(H,22,25)(H,24,26)/b23-14+. The van der Waals surface area contributed by atoms with E-state index in [1.54, 1.807) is 25.3 Å². The van der Waals surface area contributed by atoms with Crippen LogP contribution in [0.4, 0.5) is 5.69 Å². The normalized spacial score (nSPS) is 11.3. The summed E-state index contributed by atoms with van der Waals surface area (Å²) < 4.78 is 0. The Morgan fingerprint density at radius 1 is 1.08 bits per heavy atom. The van der Waals surface area contributed by atoms with Crippen molar-refractivity contribution in [1.82, 2.24) is 10.4 Å². The molecule has 0 spiro atoms. The average molecular weight is 352 g/mol. The number of amides is 2. The van der Waals surface area contributed by atoms with E-state index in [4.69, 9.17) is 0 Å². The van der Waals surface area contributed by atoms with Gasteiger partial charge in [-0.1, -0.05) is 26.0 Å². The maximum absolute atomic E-state index is 12.1. The van der Waals surface area contributed by atoms with E-state index in [2.05, 4.69) is 20.8 Å². The Bertz CT molecular complexity index is 766. The molecule has 6 heteroatoms. The van der Waals surface area contributed by atoms with Gasteiger partial charge < -0.3 is 5.32 Å². The van der Waals surface area contributed by atoms with Gasteiger partial charge >= 0.3 is 0 Å². The Balaban J connectivity index is 1.98. The molecule has 0 aliphatic rings. The van der Waals surface area contributed by atoms with Crippen molar-refractivity contribution in [1.29, 1.82) is 0 Å². The van der Waals surface area contributed by atoms with Gasteiger partial charge in [-0.15, -0.1) is 0 Å². The maximum atomic E-state index is 12.1. The molecular formula is C20H24N4O2. The first-order valence-corrected chi connectivity index (χ1v) is 8.71. The zero-order chi connectivity index (χ0) is 18.9. The Morgan fingerprint density at radius 3 is 2.35 bits per heavy atom. The molecule has 2 amide bonds. The summed E-state index contributed by atoms with van der Waals surface area (Å²) in [5, 5.41) is 7.04. The molecule has 0 unspecified atom stereocenters. The fourth-order valence-electron chi connectivity index (χ4n) is 2.46. The van der Waals surface area contributed by atoms with E-state index < -0.39 is 0 Å². The SMILES string of the molecule is CCC(CC)C(=O)Nc1ccc(/C(C)=N/NC(=O)c2cccnc2)cc1. The summed E-state index contributed by atoms with van der Waals surface area (Å²) in [6.45, 7) is 5.83. The molecule has 1 heterocycles. The monoisotopic (exact) mass is 352 g/mol. The van der Waals surface area contributed by atoms with Crippen molar-refractivity contribution >= 4 is 23.2 Å². The molecule has 0 radical (unpaired) electrons. The van der Waals surface area contributed by atoms with Gasteiger partial charge in [0.25, 0.3) is 5.91 Å². The number of carbonyl (C=O) groups excluding carboxylic acids is 2. The van der Waals surface area contributed by atoms with E-state index in [0.717, 1.165) is 24.1 Å². The van der Waals surface area contributed by atoms with Gasteiger partial charge in [0.15, 0.2) is 0 Å². The number of nitrogens with zero attached hydrogens (tertiary/aromatic N) is 2. The van der Waals surface area contributed by atoms with Crippen LogP contribution in [0.25, 0.3) is 0 Å². The van der Waals surface area contributed by atoms with Gasteiger partial charge in [0.05, 0.1) is 11.3 Å². The van der Waals surface area contributed by atoms with E-state index >= 15 is 0 Å². The summed E-state index contributed by atoms with van der Waals surface area (Å²) in [6.07, 6.45) is 4.73. The van der Waals surface area contributed by atoms with Crippen LogP contribution >= 0.6 is 0 Å². The predicted octanol–water partition coefficient (Wildman–Crippen LogP) is 3.61. The average Bonchev–Trinajstić information content (AvgIpc) is 2.68. The maximum Gasteiger partial charge on any atom is 0.272 e. The molecule has 2 N–H and O–H groups in total. The van der Waals surface area contributed by atoms with Gasteiger partial charge in [-0.25, -0.2) is 5.43 Å². The molecule has 0 aliphatic carbocycles. The third kappa shape index (κ3) is 5.24. The molecule has 0 saturated carbocycles. The van der Waals surface area contributed by atoms with Crippen LogP contribution in [0.1, 0.15) is 49.5 Å². The molecule has 1 aromatic carbocycles. The van der Waals surface area contributed by atoms with Crippen LogP contribution in [0.15, 0.2) is 53.9 Å². The molecule has 2 rings (SSSR count). The van der Waals surface area contributed by atoms with Crippen molar-refractivity contribution in [3.8, 4) is 0 Å². The van der Waals surface area contributed by atoms with E-state index in [1.807, 2.05) is 38.1 Å². The lowest BCUT2D eigenvalue weighted by Crippen LogP contribution is -2.21. The van der Waals surface area contributed by atoms with Crippen LogP contribution in [-0.4, -0.2) is 22.5 Å². The molecule has 0 aliphatic heterocycles. The highest BCUT2D eigenvalue weighted by molar-refractivity contribution is 6.01. The summed E-state index contributed by atoms with van der Waals surface area (Å²) >= 11 is 0. The number of rotatable bonds is 7. The van der Waals surface area contributed by atoms with Crippen LogP contribution in [0, 0.1) is 5.92 Å². The van der Waals surface area contributed by atoms with E-state index in [1.165, 1.54) is 6.20 Å². The summed E-state index contributed by atoms with van der Waals surface area (Å²) in [7, 11) is 0. The predicted molar refractivity (Wildman–Crippen MR) is 103 cm³/mol. The highest BCUT2D eigenvalue weighted by Crippen LogP contribution is 2.14. The second kappa shape index (κ2) is 9.46. The lowest BCUT2D eigenvalue weighted by molar-refractivity contribution is -0.120. The van der Waals surface area contributed by atoms with E-state index in [0.29, 0.717) is 11.3 Å². The smallest absolute Gasteiger partial charge is 0.272 e. The second-order valence-electron chi connectivity index (χ2n) is 5.96. The highest BCUT2D eigenvalue weighted by atomic mass is 16.2. The minimum Gasteiger partial charge on any atom is -0.326 e. The second-order valence-corrected chi connectivity index (χ2v) is 5.96. The first-order valence-electron chi connectivity index (χ1n) is 8.71. The zero-order valence-corrected chi connectivity index (χ0v) is 15.3. The van der Waals surface area contributed by atoms with Crippen LogP contribution in [-0.2, 0) is 4.79 Å². The minimum atomic E-state index is -0.313. The number of hydrogen-bond donors (Lipinski definition) is 2. The first-order chi connectivity index (χ1) is 12.5.